The number of nitrogen functional groups attached to an aromatic ring is 1. The number of thioether (sulfide) groups is 1. The fourth-order valence-electron chi connectivity index (χ4n) is 3.00. The van der Waals surface area contributed by atoms with Crippen LogP contribution in [0.25, 0.3) is 10.8 Å². The third-order valence-electron chi connectivity index (χ3n) is 5.32. The number of anilines is 2. The molecule has 3 aromatic carbocycles. The molecule has 3 rings (SSSR count). The van der Waals surface area contributed by atoms with Gasteiger partial charge in [0.05, 0.1) is 12.8 Å². The van der Waals surface area contributed by atoms with Gasteiger partial charge in [0.2, 0.25) is 0 Å². The summed E-state index contributed by atoms with van der Waals surface area (Å²) in [6.07, 6.45) is 1.08. The van der Waals surface area contributed by atoms with Gasteiger partial charge in [-0.1, -0.05) is 48.5 Å². The molecule has 6 nitrogen and oxygen atoms in total. The molecular formula is C26H34N4O2S. The molecule has 0 radical (unpaired) electrons. The summed E-state index contributed by atoms with van der Waals surface area (Å²) in [5, 5.41) is 16.1. The topological polar surface area (TPSA) is 106 Å². The highest BCUT2D eigenvalue weighted by Crippen LogP contribution is 2.34. The summed E-state index contributed by atoms with van der Waals surface area (Å²) in [5.74, 6) is 0.947. The number of benzene rings is 3. The van der Waals surface area contributed by atoms with Crippen LogP contribution in [-0.4, -0.2) is 24.4 Å². The predicted molar refractivity (Wildman–Crippen MR) is 144 cm³/mol. The number of nitrogens with two attached hydrogens (primary N) is 2. The van der Waals surface area contributed by atoms with Gasteiger partial charge in [0.1, 0.15) is 11.5 Å². The van der Waals surface area contributed by atoms with E-state index in [1.807, 2.05) is 54.6 Å². The van der Waals surface area contributed by atoms with Crippen LogP contribution in [0.1, 0.15) is 32.8 Å². The van der Waals surface area contributed by atoms with Crippen molar-refractivity contribution in [2.24, 2.45) is 10.7 Å². The lowest BCUT2D eigenvalue weighted by atomic mass is 10.0. The van der Waals surface area contributed by atoms with Crippen LogP contribution >= 0.6 is 11.8 Å². The molecule has 0 unspecified atom stereocenters. The van der Waals surface area contributed by atoms with Crippen LogP contribution in [0.3, 0.4) is 0 Å². The van der Waals surface area contributed by atoms with Gasteiger partial charge in [-0.15, -0.1) is 0 Å². The number of phenolic OH excluding ortho intramolecular Hbond substituents is 1. The van der Waals surface area contributed by atoms with Gasteiger partial charge >= 0.3 is 0 Å². The molecule has 0 fully saturated rings. The Morgan fingerprint density at radius 1 is 1.12 bits per heavy atom. The van der Waals surface area contributed by atoms with Crippen molar-refractivity contribution >= 4 is 39.1 Å². The van der Waals surface area contributed by atoms with Crippen LogP contribution in [-0.2, 0) is 6.54 Å². The molecule has 3 aromatic rings. The Bertz CT molecular complexity index is 1130. The first kappa shape index (κ1) is 25.9. The number of aliphatic imine (C=N–C) groups is 1. The van der Waals surface area contributed by atoms with Crippen LogP contribution in [0, 0.1) is 0 Å². The van der Waals surface area contributed by atoms with E-state index in [4.69, 9.17) is 16.2 Å². The number of phenols is 1. The van der Waals surface area contributed by atoms with E-state index in [1.54, 1.807) is 14.2 Å². The summed E-state index contributed by atoms with van der Waals surface area (Å²) in [4.78, 5) is 5.13. The molecule has 0 heterocycles. The predicted octanol–water partition coefficient (Wildman–Crippen LogP) is 6.12. The van der Waals surface area contributed by atoms with Gasteiger partial charge in [-0.25, -0.2) is 0 Å². The van der Waals surface area contributed by atoms with E-state index < -0.39 is 0 Å². The number of hydrogen-bond acceptors (Lipinski definition) is 6. The Kier molecular flexibility index (Phi) is 9.94. The molecular weight excluding hydrogens is 432 g/mol. The molecule has 0 spiro atoms. The van der Waals surface area contributed by atoms with E-state index in [-0.39, 0.29) is 5.75 Å². The van der Waals surface area contributed by atoms with Gasteiger partial charge in [0.25, 0.3) is 0 Å². The van der Waals surface area contributed by atoms with Gasteiger partial charge < -0.3 is 26.6 Å². The van der Waals surface area contributed by atoms with Crippen molar-refractivity contribution in [2.75, 3.05) is 25.2 Å². The normalized spacial score (nSPS) is 12.0. The van der Waals surface area contributed by atoms with Crippen molar-refractivity contribution in [3.05, 3.63) is 70.6 Å². The van der Waals surface area contributed by atoms with Crippen molar-refractivity contribution in [1.82, 2.24) is 0 Å². The zero-order valence-electron chi connectivity index (χ0n) is 20.0. The second kappa shape index (κ2) is 12.6. The lowest BCUT2D eigenvalue weighted by molar-refractivity contribution is 0.415. The average molecular weight is 467 g/mol. The molecule has 0 aromatic heterocycles. The van der Waals surface area contributed by atoms with E-state index in [0.717, 1.165) is 34.2 Å². The number of allylic oxidation sites excluding steroid dienone is 2. The summed E-state index contributed by atoms with van der Waals surface area (Å²) < 4.78 is 5.13. The minimum atomic E-state index is 0.139. The summed E-state index contributed by atoms with van der Waals surface area (Å²) in [6, 6.07) is 17.4. The first-order valence-electron chi connectivity index (χ1n) is 10.7. The maximum absolute atomic E-state index is 10.3. The number of ether oxygens (including phenoxy) is 1. The number of aromatic hydroxyl groups is 1. The zero-order valence-corrected chi connectivity index (χ0v) is 20.8. The Labute approximate surface area is 200 Å². The van der Waals surface area contributed by atoms with E-state index in [0.29, 0.717) is 17.4 Å². The summed E-state index contributed by atoms with van der Waals surface area (Å²) >= 11 is 1.54. The van der Waals surface area contributed by atoms with Gasteiger partial charge in [-0.2, -0.15) is 0 Å². The Morgan fingerprint density at radius 3 is 2.39 bits per heavy atom. The summed E-state index contributed by atoms with van der Waals surface area (Å²) in [7, 11) is 3.34. The van der Waals surface area contributed by atoms with Crippen LogP contribution < -0.4 is 21.5 Å². The van der Waals surface area contributed by atoms with Crippen molar-refractivity contribution in [3.8, 4) is 11.5 Å². The molecule has 0 saturated carbocycles. The highest BCUT2D eigenvalue weighted by Gasteiger charge is 2.09. The zero-order chi connectivity index (χ0) is 24.4. The van der Waals surface area contributed by atoms with Crippen molar-refractivity contribution in [2.45, 2.75) is 33.7 Å². The summed E-state index contributed by atoms with van der Waals surface area (Å²) in [6.45, 7) is 6.82. The van der Waals surface area contributed by atoms with E-state index in [9.17, 15) is 5.11 Å². The Hall–Kier alpha value is -3.32. The number of rotatable bonds is 6. The van der Waals surface area contributed by atoms with Gasteiger partial charge in [-0.3, -0.25) is 4.99 Å². The van der Waals surface area contributed by atoms with E-state index >= 15 is 0 Å². The molecule has 7 heteroatoms. The molecule has 33 heavy (non-hydrogen) atoms. The lowest BCUT2D eigenvalue weighted by Crippen LogP contribution is -2.05. The highest BCUT2D eigenvalue weighted by atomic mass is 32.2. The number of methoxy groups -OCH3 is 1. The number of amidine groups is 1. The molecule has 0 saturated heterocycles. The van der Waals surface area contributed by atoms with Crippen molar-refractivity contribution in [3.63, 3.8) is 0 Å². The third-order valence-corrected chi connectivity index (χ3v) is 6.37. The quantitative estimate of drug-likeness (QED) is 0.151. The average Bonchev–Trinajstić information content (AvgIpc) is 2.85. The number of nitrogens with zero attached hydrogens (tertiary/aromatic N) is 1. The number of nitrogens with one attached hydrogen (secondary N) is 1. The van der Waals surface area contributed by atoms with Gasteiger partial charge in [0, 0.05) is 30.2 Å². The number of hydrogen-bond donors (Lipinski definition) is 4. The third kappa shape index (κ3) is 7.36. The molecule has 6 N–H and O–H groups in total. The molecule has 0 atom stereocenters. The lowest BCUT2D eigenvalue weighted by Gasteiger charge is -2.12. The molecule has 0 aliphatic carbocycles. The smallest absolute Gasteiger partial charge is 0.158 e. The first-order chi connectivity index (χ1) is 15.8. The van der Waals surface area contributed by atoms with Crippen molar-refractivity contribution < 1.29 is 9.84 Å². The maximum Gasteiger partial charge on any atom is 0.158 e. The Morgan fingerprint density at radius 2 is 1.79 bits per heavy atom. The molecule has 176 valence electrons. The molecule has 0 aliphatic heterocycles. The van der Waals surface area contributed by atoms with Crippen LogP contribution in [0.2, 0.25) is 0 Å². The first-order valence-corrected chi connectivity index (χ1v) is 11.6. The SMILES string of the molecule is CC/C(C)=C(\C)SC(N)=NC.COc1ccc(NCc2cc3ccccc3c(N)c2O)cc1. The minimum Gasteiger partial charge on any atom is -0.505 e. The van der Waals surface area contributed by atoms with Gasteiger partial charge in [0.15, 0.2) is 5.17 Å². The summed E-state index contributed by atoms with van der Waals surface area (Å²) in [5.41, 5.74) is 15.1. The van der Waals surface area contributed by atoms with Crippen molar-refractivity contribution in [1.29, 1.82) is 0 Å². The van der Waals surface area contributed by atoms with Crippen LogP contribution in [0.4, 0.5) is 11.4 Å². The van der Waals surface area contributed by atoms with Gasteiger partial charge in [-0.05, 0) is 60.9 Å². The van der Waals surface area contributed by atoms with Crippen LogP contribution in [0.15, 0.2) is 70.1 Å². The minimum absolute atomic E-state index is 0.139. The maximum atomic E-state index is 10.3. The second-order valence-electron chi connectivity index (χ2n) is 7.46. The second-order valence-corrected chi connectivity index (χ2v) is 8.69. The monoisotopic (exact) mass is 466 g/mol. The highest BCUT2D eigenvalue weighted by molar-refractivity contribution is 8.17. The largest absolute Gasteiger partial charge is 0.505 e. The fourth-order valence-corrected chi connectivity index (χ4v) is 3.73. The Balaban J connectivity index is 0.000000299. The standard InChI is InChI=1S/C18H18N2O2.C8H16N2S/c1-22-15-8-6-14(7-9-15)20-11-13-10-12-4-2-3-5-16(12)17(19)18(13)21;1-5-6(2)7(3)11-8(9)10-4/h2-10,20-21H,11,19H2,1H3;5H2,1-4H3,(H2,9,10)/b;7-6+. The number of fused-ring (bicyclic) bond motifs is 1. The molecule has 0 bridgehead atoms. The van der Waals surface area contributed by atoms with E-state index in [2.05, 4.69) is 31.1 Å². The molecule has 0 amide bonds. The fraction of sp³-hybridized carbons (Fsp3) is 0.269. The van der Waals surface area contributed by atoms with Crippen LogP contribution in [0.5, 0.6) is 11.5 Å². The van der Waals surface area contributed by atoms with E-state index in [1.165, 1.54) is 22.2 Å². The molecule has 0 aliphatic rings.